The summed E-state index contributed by atoms with van der Waals surface area (Å²) in [5.41, 5.74) is -0.404. The Balaban J connectivity index is 1.41. The molecule has 2 fully saturated rings. The maximum absolute atomic E-state index is 11.6. The Morgan fingerprint density at radius 1 is 1.02 bits per heavy atom. The highest BCUT2D eigenvalue weighted by Gasteiger charge is 2.58. The van der Waals surface area contributed by atoms with Gasteiger partial charge in [0.1, 0.15) is 10.6 Å². The first-order chi connectivity index (χ1) is 20.5. The fourth-order valence-corrected chi connectivity index (χ4v) is 7.93. The molecule has 0 spiro atoms. The van der Waals surface area contributed by atoms with Gasteiger partial charge in [0.2, 0.25) is 0 Å². The Kier molecular flexibility index (Phi) is 10.8. The number of carboxylic acid groups (broad SMARTS) is 1. The van der Waals surface area contributed by atoms with Crippen LogP contribution in [0.25, 0.3) is 0 Å². The number of rotatable bonds is 14. The molecular formula is C33H47N3O5S. The lowest BCUT2D eigenvalue weighted by Crippen LogP contribution is -2.66. The van der Waals surface area contributed by atoms with E-state index in [0.717, 1.165) is 94.7 Å². The lowest BCUT2D eigenvalue weighted by Gasteiger charge is -2.57. The highest BCUT2D eigenvalue weighted by Crippen LogP contribution is 2.50. The molecule has 4 aliphatic rings. The quantitative estimate of drug-likeness (QED) is 0.241. The standard InChI is InChI=1S/C33H47N3O5S/c1-39-23-10-2-3-11-24-40-31(15-6-4-7-16-31)32(19-21-34-22-20-32)41-33(17-8-5-9-18-33)36-26-42-29(35-36)27-13-12-14-28(25-27)30(37)38/h5,8-9,12-14,17,25,34H,2-4,6-7,10-11,15-16,18-24,26H2,1H3,(H,37,38). The molecule has 9 heteroatoms. The molecule has 1 aromatic rings. The van der Waals surface area contributed by atoms with Crippen LogP contribution in [0.3, 0.4) is 0 Å². The maximum Gasteiger partial charge on any atom is 0.335 e. The number of nitrogens with one attached hydrogen (secondary N) is 1. The first-order valence-electron chi connectivity index (χ1n) is 15.7. The van der Waals surface area contributed by atoms with Crippen molar-refractivity contribution in [2.75, 3.05) is 39.3 Å². The summed E-state index contributed by atoms with van der Waals surface area (Å²) in [4.78, 5) is 11.6. The Hall–Kier alpha value is -2.17. The van der Waals surface area contributed by atoms with Crippen LogP contribution in [-0.2, 0) is 14.2 Å². The summed E-state index contributed by atoms with van der Waals surface area (Å²) in [5.74, 6) is -0.299. The second-order valence-corrected chi connectivity index (χ2v) is 12.9. The van der Waals surface area contributed by atoms with Gasteiger partial charge in [-0.25, -0.2) is 4.79 Å². The van der Waals surface area contributed by atoms with E-state index in [1.54, 1.807) is 37.1 Å². The SMILES string of the molecule is COCCCCCCOC1(C2(OC3(N4CSC(c5cccc(C(=O)O)c5)=N4)C=CC=CC3)CCNCC2)CCCCC1. The smallest absolute Gasteiger partial charge is 0.335 e. The third kappa shape index (κ3) is 6.97. The average Bonchev–Trinajstić information content (AvgIpc) is 3.54. The Labute approximate surface area is 254 Å². The second kappa shape index (κ2) is 14.5. The van der Waals surface area contributed by atoms with Crippen LogP contribution < -0.4 is 5.32 Å². The predicted octanol–water partition coefficient (Wildman–Crippen LogP) is 6.33. The van der Waals surface area contributed by atoms with Gasteiger partial charge >= 0.3 is 5.97 Å². The highest BCUT2D eigenvalue weighted by atomic mass is 32.2. The number of aromatic carboxylic acids is 1. The molecule has 230 valence electrons. The van der Waals surface area contributed by atoms with E-state index in [1.165, 1.54) is 12.8 Å². The van der Waals surface area contributed by atoms with Crippen molar-refractivity contribution in [3.05, 3.63) is 59.7 Å². The third-order valence-electron chi connectivity index (χ3n) is 9.24. The number of piperidine rings is 1. The summed E-state index contributed by atoms with van der Waals surface area (Å²) in [5, 5.41) is 21.1. The van der Waals surface area contributed by atoms with Gasteiger partial charge in [0.25, 0.3) is 0 Å². The lowest BCUT2D eigenvalue weighted by molar-refractivity contribution is -0.290. The fourth-order valence-electron chi connectivity index (χ4n) is 6.96. The van der Waals surface area contributed by atoms with Crippen molar-refractivity contribution in [2.24, 2.45) is 5.10 Å². The van der Waals surface area contributed by atoms with Gasteiger partial charge in [-0.05, 0) is 69.8 Å². The first-order valence-corrected chi connectivity index (χ1v) is 16.7. The summed E-state index contributed by atoms with van der Waals surface area (Å²) in [7, 11) is 1.77. The maximum atomic E-state index is 11.6. The molecule has 0 radical (unpaired) electrons. The minimum absolute atomic E-state index is 0.268. The van der Waals surface area contributed by atoms with Crippen LogP contribution in [0.2, 0.25) is 0 Å². The van der Waals surface area contributed by atoms with Crippen LogP contribution in [-0.4, -0.2) is 77.3 Å². The van der Waals surface area contributed by atoms with E-state index < -0.39 is 17.3 Å². The zero-order valence-corrected chi connectivity index (χ0v) is 25.8. The highest BCUT2D eigenvalue weighted by molar-refractivity contribution is 8.14. The van der Waals surface area contributed by atoms with Gasteiger partial charge in [-0.1, -0.05) is 74.2 Å². The molecule has 2 aliphatic heterocycles. The summed E-state index contributed by atoms with van der Waals surface area (Å²) in [6.07, 6.45) is 21.1. The van der Waals surface area contributed by atoms with E-state index in [9.17, 15) is 9.90 Å². The van der Waals surface area contributed by atoms with E-state index >= 15 is 0 Å². The van der Waals surface area contributed by atoms with Crippen LogP contribution in [0.4, 0.5) is 0 Å². The van der Waals surface area contributed by atoms with Gasteiger partial charge in [-0.15, -0.1) is 0 Å². The summed E-state index contributed by atoms with van der Waals surface area (Å²) >= 11 is 1.63. The molecule has 1 saturated carbocycles. The van der Waals surface area contributed by atoms with Gasteiger partial charge in [0, 0.05) is 32.3 Å². The minimum atomic E-state index is -0.932. The topological polar surface area (TPSA) is 92.6 Å². The van der Waals surface area contributed by atoms with Gasteiger partial charge in [0.05, 0.1) is 17.0 Å². The lowest BCUT2D eigenvalue weighted by atomic mass is 9.68. The molecule has 0 aromatic heterocycles. The Bertz CT molecular complexity index is 1140. The Morgan fingerprint density at radius 3 is 2.52 bits per heavy atom. The number of carbonyl (C=O) groups is 1. The van der Waals surface area contributed by atoms with Crippen molar-refractivity contribution >= 4 is 22.8 Å². The van der Waals surface area contributed by atoms with Crippen LogP contribution in [0.15, 0.2) is 53.7 Å². The van der Waals surface area contributed by atoms with Crippen LogP contribution in [0.5, 0.6) is 0 Å². The van der Waals surface area contributed by atoms with Crippen molar-refractivity contribution in [2.45, 2.75) is 94.0 Å². The number of methoxy groups -OCH3 is 1. The monoisotopic (exact) mass is 597 g/mol. The third-order valence-corrected chi connectivity index (χ3v) is 10.2. The molecule has 0 amide bonds. The van der Waals surface area contributed by atoms with Crippen molar-refractivity contribution in [1.29, 1.82) is 0 Å². The summed E-state index contributed by atoms with van der Waals surface area (Å²) in [6.45, 7) is 3.39. The van der Waals surface area contributed by atoms with Gasteiger partial charge in [-0.2, -0.15) is 5.10 Å². The number of allylic oxidation sites excluding steroid dienone is 2. The predicted molar refractivity (Wildman–Crippen MR) is 168 cm³/mol. The van der Waals surface area contributed by atoms with Gasteiger partial charge in [0.15, 0.2) is 5.72 Å². The van der Waals surface area contributed by atoms with Crippen LogP contribution in [0.1, 0.15) is 93.0 Å². The van der Waals surface area contributed by atoms with Crippen LogP contribution in [0, 0.1) is 0 Å². The molecular weight excluding hydrogens is 550 g/mol. The first kappa shape index (κ1) is 31.3. The molecule has 1 unspecified atom stereocenters. The van der Waals surface area contributed by atoms with E-state index in [-0.39, 0.29) is 11.2 Å². The van der Waals surface area contributed by atoms with Gasteiger partial charge in [-0.3, -0.25) is 5.01 Å². The summed E-state index contributed by atoms with van der Waals surface area (Å²) < 4.78 is 19.9. The van der Waals surface area contributed by atoms with E-state index in [4.69, 9.17) is 19.3 Å². The number of hydrazone groups is 1. The van der Waals surface area contributed by atoms with Gasteiger partial charge < -0.3 is 24.6 Å². The minimum Gasteiger partial charge on any atom is -0.478 e. The molecule has 2 N–H and O–H groups in total. The zero-order chi connectivity index (χ0) is 29.3. The number of benzene rings is 1. The molecule has 1 aromatic carbocycles. The van der Waals surface area contributed by atoms with Crippen molar-refractivity contribution < 1.29 is 24.1 Å². The second-order valence-electron chi connectivity index (χ2n) is 12.0. The number of unbranched alkanes of at least 4 members (excludes halogenated alkanes) is 3. The number of thioether (sulfide) groups is 1. The van der Waals surface area contributed by atoms with E-state index in [0.29, 0.717) is 12.3 Å². The van der Waals surface area contributed by atoms with Crippen molar-refractivity contribution in [3.63, 3.8) is 0 Å². The number of nitrogens with zero attached hydrogens (tertiary/aromatic N) is 2. The molecule has 1 atom stereocenters. The Morgan fingerprint density at radius 2 is 1.81 bits per heavy atom. The molecule has 42 heavy (non-hydrogen) atoms. The molecule has 8 nitrogen and oxygen atoms in total. The van der Waals surface area contributed by atoms with E-state index in [1.807, 2.05) is 6.07 Å². The molecule has 2 aliphatic carbocycles. The normalized spacial score (nSPS) is 25.0. The average molecular weight is 598 g/mol. The fraction of sp³-hybridized carbons (Fsp3) is 0.636. The van der Waals surface area contributed by atoms with E-state index in [2.05, 4.69) is 34.6 Å². The number of carboxylic acids is 1. The largest absolute Gasteiger partial charge is 0.478 e. The molecule has 5 rings (SSSR count). The zero-order valence-electron chi connectivity index (χ0n) is 25.0. The summed E-state index contributed by atoms with van der Waals surface area (Å²) in [6, 6.07) is 7.04. The molecule has 2 heterocycles. The van der Waals surface area contributed by atoms with Crippen molar-refractivity contribution in [1.82, 2.24) is 10.3 Å². The number of hydrogen-bond acceptors (Lipinski definition) is 8. The molecule has 1 saturated heterocycles. The number of hydrogen-bond donors (Lipinski definition) is 2. The van der Waals surface area contributed by atoms with Crippen molar-refractivity contribution in [3.8, 4) is 0 Å². The number of ether oxygens (including phenoxy) is 3. The molecule has 0 bridgehead atoms. The van der Waals surface area contributed by atoms with Crippen LogP contribution >= 0.6 is 11.8 Å².